The zero-order valence-corrected chi connectivity index (χ0v) is 10.4. The number of nitrogens with two attached hydrogens (primary N) is 1. The van der Waals surface area contributed by atoms with E-state index < -0.39 is 29.0 Å². The van der Waals surface area contributed by atoms with Gasteiger partial charge < -0.3 is 11.1 Å². The minimum Gasteiger partial charge on any atom is -0.369 e. The molecule has 0 spiro atoms. The first-order valence-electron chi connectivity index (χ1n) is 5.93. The molecule has 0 bridgehead atoms. The minimum absolute atomic E-state index is 0.391. The van der Waals surface area contributed by atoms with Crippen molar-refractivity contribution in [1.82, 2.24) is 5.32 Å². The average molecular weight is 272 g/mol. The summed E-state index contributed by atoms with van der Waals surface area (Å²) in [7, 11) is 0. The minimum atomic E-state index is -4.39. The number of hydrogen-bond acceptors (Lipinski definition) is 2. The lowest BCUT2D eigenvalue weighted by molar-refractivity contribution is -0.137. The Labute approximate surface area is 109 Å². The molecule has 1 aromatic rings. The molecule has 104 valence electrons. The Hall–Kier alpha value is -1.56. The van der Waals surface area contributed by atoms with Crippen LogP contribution in [0.2, 0.25) is 0 Å². The van der Waals surface area contributed by atoms with Gasteiger partial charge in [0.15, 0.2) is 0 Å². The van der Waals surface area contributed by atoms with Crippen LogP contribution in [0.3, 0.4) is 0 Å². The second kappa shape index (κ2) is 4.52. The van der Waals surface area contributed by atoms with Crippen molar-refractivity contribution in [2.75, 3.05) is 13.1 Å². The number of halogens is 3. The highest BCUT2D eigenvalue weighted by molar-refractivity contribution is 5.79. The third-order valence-electron chi connectivity index (χ3n) is 3.80. The van der Waals surface area contributed by atoms with Crippen molar-refractivity contribution in [1.29, 1.82) is 0 Å². The zero-order valence-electron chi connectivity index (χ0n) is 10.4. The van der Waals surface area contributed by atoms with Crippen molar-refractivity contribution >= 4 is 5.91 Å². The summed E-state index contributed by atoms with van der Waals surface area (Å²) >= 11 is 0. The van der Waals surface area contributed by atoms with E-state index in [0.717, 1.165) is 12.1 Å². The molecular weight excluding hydrogens is 257 g/mol. The van der Waals surface area contributed by atoms with Crippen LogP contribution in [-0.2, 0) is 16.4 Å². The van der Waals surface area contributed by atoms with E-state index in [-0.39, 0.29) is 0 Å². The largest absolute Gasteiger partial charge is 0.416 e. The molecule has 1 aliphatic heterocycles. The number of rotatable bonds is 2. The molecule has 1 heterocycles. The van der Waals surface area contributed by atoms with Crippen LogP contribution in [0.25, 0.3) is 0 Å². The molecular formula is C13H15F3N2O. The predicted molar refractivity (Wildman–Crippen MR) is 64.4 cm³/mol. The normalized spacial score (nSPS) is 27.5. The Morgan fingerprint density at radius 1 is 1.47 bits per heavy atom. The summed E-state index contributed by atoms with van der Waals surface area (Å²) in [5, 5.41) is 3.02. The van der Waals surface area contributed by atoms with Crippen LogP contribution in [0.1, 0.15) is 18.1 Å². The topological polar surface area (TPSA) is 55.1 Å². The van der Waals surface area contributed by atoms with Gasteiger partial charge in [0.25, 0.3) is 0 Å². The average Bonchev–Trinajstić information content (AvgIpc) is 2.72. The highest BCUT2D eigenvalue weighted by Crippen LogP contribution is 2.38. The van der Waals surface area contributed by atoms with Gasteiger partial charge in [0.1, 0.15) is 0 Å². The van der Waals surface area contributed by atoms with Crippen LogP contribution in [0, 0.1) is 5.92 Å². The van der Waals surface area contributed by atoms with E-state index in [1.54, 1.807) is 13.0 Å². The van der Waals surface area contributed by atoms with Crippen LogP contribution in [-0.4, -0.2) is 19.0 Å². The molecule has 3 nitrogen and oxygen atoms in total. The smallest absolute Gasteiger partial charge is 0.369 e. The first-order valence-corrected chi connectivity index (χ1v) is 5.93. The van der Waals surface area contributed by atoms with Crippen LogP contribution in [0.4, 0.5) is 13.2 Å². The molecule has 2 rings (SSSR count). The van der Waals surface area contributed by atoms with Crippen molar-refractivity contribution in [3.05, 3.63) is 35.4 Å². The maximum Gasteiger partial charge on any atom is 0.416 e. The number of alkyl halides is 3. The Morgan fingerprint density at radius 3 is 2.74 bits per heavy atom. The molecule has 0 saturated carbocycles. The Balaban J connectivity index is 2.44. The molecule has 1 fully saturated rings. The molecule has 2 unspecified atom stereocenters. The highest BCUT2D eigenvalue weighted by atomic mass is 19.4. The maximum atomic E-state index is 12.7. The van der Waals surface area contributed by atoms with E-state index in [4.69, 9.17) is 5.73 Å². The van der Waals surface area contributed by atoms with E-state index in [0.29, 0.717) is 18.7 Å². The van der Waals surface area contributed by atoms with E-state index >= 15 is 0 Å². The Bertz CT molecular complexity index is 501. The van der Waals surface area contributed by atoms with Crippen molar-refractivity contribution in [3.63, 3.8) is 0 Å². The number of benzene rings is 1. The van der Waals surface area contributed by atoms with Crippen molar-refractivity contribution in [3.8, 4) is 0 Å². The predicted octanol–water partition coefficient (Wildman–Crippen LogP) is 1.67. The first kappa shape index (κ1) is 13.9. The number of hydrogen-bond donors (Lipinski definition) is 2. The summed E-state index contributed by atoms with van der Waals surface area (Å²) in [6, 6.07) is 5.09. The molecule has 0 aliphatic carbocycles. The summed E-state index contributed by atoms with van der Waals surface area (Å²) in [6.45, 7) is 2.59. The van der Waals surface area contributed by atoms with Gasteiger partial charge in [-0.1, -0.05) is 25.1 Å². The van der Waals surface area contributed by atoms with Gasteiger partial charge in [0.05, 0.1) is 11.5 Å². The van der Waals surface area contributed by atoms with Gasteiger partial charge in [-0.15, -0.1) is 0 Å². The fraction of sp³-hybridized carbons (Fsp3) is 0.462. The molecule has 6 heteroatoms. The number of amides is 1. The van der Waals surface area contributed by atoms with Gasteiger partial charge >= 0.3 is 6.18 Å². The molecule has 19 heavy (non-hydrogen) atoms. The standard InChI is InChI=1S/C13H15F3N2O/c1-12(7-18-6-10(12)11(17)19)8-3-2-4-9(5-8)13(14,15)16/h2-5,10,18H,6-7H2,1H3,(H2,17,19). The number of nitrogens with one attached hydrogen (secondary N) is 1. The number of primary amides is 1. The van der Waals surface area contributed by atoms with E-state index in [9.17, 15) is 18.0 Å². The summed E-state index contributed by atoms with van der Waals surface area (Å²) in [4.78, 5) is 11.4. The van der Waals surface area contributed by atoms with Gasteiger partial charge in [0, 0.05) is 18.5 Å². The summed E-state index contributed by atoms with van der Waals surface area (Å²) in [5.41, 5.74) is 4.41. The van der Waals surface area contributed by atoms with Crippen molar-refractivity contribution in [2.45, 2.75) is 18.5 Å². The molecule has 1 aliphatic rings. The maximum absolute atomic E-state index is 12.7. The van der Waals surface area contributed by atoms with Crippen LogP contribution in [0.15, 0.2) is 24.3 Å². The lowest BCUT2D eigenvalue weighted by Gasteiger charge is -2.29. The molecule has 1 amide bonds. The van der Waals surface area contributed by atoms with Crippen LogP contribution in [0.5, 0.6) is 0 Å². The van der Waals surface area contributed by atoms with Crippen molar-refractivity contribution in [2.24, 2.45) is 11.7 Å². The Morgan fingerprint density at radius 2 is 2.16 bits per heavy atom. The highest BCUT2D eigenvalue weighted by Gasteiger charge is 2.44. The monoisotopic (exact) mass is 272 g/mol. The SMILES string of the molecule is CC1(c2cccc(C(F)(F)F)c2)CNCC1C(N)=O. The van der Waals surface area contributed by atoms with Gasteiger partial charge in [-0.3, -0.25) is 4.79 Å². The van der Waals surface area contributed by atoms with Crippen LogP contribution < -0.4 is 11.1 Å². The van der Waals surface area contributed by atoms with Gasteiger partial charge in [-0.2, -0.15) is 13.2 Å². The van der Waals surface area contributed by atoms with E-state index in [2.05, 4.69) is 5.32 Å². The lowest BCUT2D eigenvalue weighted by atomic mass is 9.73. The van der Waals surface area contributed by atoms with Crippen LogP contribution >= 0.6 is 0 Å². The van der Waals surface area contributed by atoms with E-state index in [1.165, 1.54) is 6.07 Å². The zero-order chi connectivity index (χ0) is 14.3. The lowest BCUT2D eigenvalue weighted by Crippen LogP contribution is -2.39. The quantitative estimate of drug-likeness (QED) is 0.860. The summed E-state index contributed by atoms with van der Waals surface area (Å²) in [5.74, 6) is -0.999. The summed E-state index contributed by atoms with van der Waals surface area (Å²) < 4.78 is 38.2. The van der Waals surface area contributed by atoms with Gasteiger partial charge in [0.2, 0.25) is 5.91 Å². The second-order valence-electron chi connectivity index (χ2n) is 5.08. The third kappa shape index (κ3) is 2.45. The van der Waals surface area contributed by atoms with Gasteiger partial charge in [-0.25, -0.2) is 0 Å². The first-order chi connectivity index (χ1) is 8.75. The van der Waals surface area contributed by atoms with Crippen molar-refractivity contribution < 1.29 is 18.0 Å². The molecule has 2 atom stereocenters. The molecule has 0 radical (unpaired) electrons. The number of carbonyl (C=O) groups excluding carboxylic acids is 1. The fourth-order valence-electron chi connectivity index (χ4n) is 2.59. The third-order valence-corrected chi connectivity index (χ3v) is 3.80. The molecule has 3 N–H and O–H groups in total. The molecule has 1 saturated heterocycles. The summed E-state index contributed by atoms with van der Waals surface area (Å²) in [6.07, 6.45) is -4.39. The van der Waals surface area contributed by atoms with E-state index in [1.807, 2.05) is 0 Å². The second-order valence-corrected chi connectivity index (χ2v) is 5.08. The molecule has 0 aromatic heterocycles. The van der Waals surface area contributed by atoms with Gasteiger partial charge in [-0.05, 0) is 11.6 Å². The molecule has 1 aromatic carbocycles. The Kier molecular flexibility index (Phi) is 3.30. The number of carbonyl (C=O) groups is 1. The fourth-order valence-corrected chi connectivity index (χ4v) is 2.59.